The summed E-state index contributed by atoms with van der Waals surface area (Å²) in [5.74, 6) is 1.30. The lowest BCUT2D eigenvalue weighted by Crippen LogP contribution is -2.00. The van der Waals surface area contributed by atoms with E-state index >= 15 is 0 Å². The first-order valence-electron chi connectivity index (χ1n) is 5.57. The highest BCUT2D eigenvalue weighted by atomic mass is 16.5. The molecule has 3 nitrogen and oxygen atoms in total. The van der Waals surface area contributed by atoms with E-state index in [-0.39, 0.29) is 0 Å². The van der Waals surface area contributed by atoms with E-state index in [9.17, 15) is 4.79 Å². The summed E-state index contributed by atoms with van der Waals surface area (Å²) in [7, 11) is 1.58. The Balaban J connectivity index is 2.61. The summed E-state index contributed by atoms with van der Waals surface area (Å²) in [5, 5.41) is 0. The lowest BCUT2D eigenvalue weighted by molar-refractivity contribution is 0.111. The lowest BCUT2D eigenvalue weighted by atomic mass is 10.2. The molecule has 0 unspecified atom stereocenters. The average molecular weight is 222 g/mol. The van der Waals surface area contributed by atoms with Crippen LogP contribution in [0.15, 0.2) is 18.2 Å². The molecule has 1 rings (SSSR count). The summed E-state index contributed by atoms with van der Waals surface area (Å²) < 4.78 is 10.6. The van der Waals surface area contributed by atoms with Crippen LogP contribution >= 0.6 is 0 Å². The highest BCUT2D eigenvalue weighted by molar-refractivity contribution is 5.80. The Morgan fingerprint density at radius 1 is 1.31 bits per heavy atom. The second-order valence-electron chi connectivity index (χ2n) is 3.58. The molecule has 0 heterocycles. The molecule has 88 valence electrons. The number of ether oxygens (including phenoxy) is 2. The molecule has 16 heavy (non-hydrogen) atoms. The van der Waals surface area contributed by atoms with Crippen molar-refractivity contribution in [2.24, 2.45) is 0 Å². The molecule has 0 aliphatic heterocycles. The Bertz CT molecular complexity index is 334. The number of hydrogen-bond donors (Lipinski definition) is 0. The van der Waals surface area contributed by atoms with Gasteiger partial charge in [0.1, 0.15) is 11.5 Å². The van der Waals surface area contributed by atoms with E-state index in [4.69, 9.17) is 9.47 Å². The third-order valence-electron chi connectivity index (χ3n) is 2.35. The zero-order valence-corrected chi connectivity index (χ0v) is 9.86. The molecule has 1 aromatic rings. The van der Waals surface area contributed by atoms with Gasteiger partial charge in [0.15, 0.2) is 6.29 Å². The molecular weight excluding hydrogens is 204 g/mol. The maximum Gasteiger partial charge on any atom is 0.153 e. The maximum atomic E-state index is 10.8. The number of aldehydes is 1. The maximum absolute atomic E-state index is 10.8. The van der Waals surface area contributed by atoms with Crippen molar-refractivity contribution in [2.75, 3.05) is 13.7 Å². The largest absolute Gasteiger partial charge is 0.497 e. The monoisotopic (exact) mass is 222 g/mol. The van der Waals surface area contributed by atoms with Gasteiger partial charge in [-0.2, -0.15) is 0 Å². The number of hydrogen-bond acceptors (Lipinski definition) is 3. The highest BCUT2D eigenvalue weighted by Gasteiger charge is 2.04. The molecule has 0 fully saturated rings. The molecule has 3 heteroatoms. The van der Waals surface area contributed by atoms with Gasteiger partial charge in [-0.25, -0.2) is 0 Å². The third kappa shape index (κ3) is 3.57. The van der Waals surface area contributed by atoms with Gasteiger partial charge in [0.2, 0.25) is 0 Å². The number of unbranched alkanes of at least 4 members (excludes halogenated alkanes) is 2. The van der Waals surface area contributed by atoms with E-state index in [0.29, 0.717) is 23.7 Å². The number of carbonyl (C=O) groups is 1. The normalized spacial score (nSPS) is 9.88. The molecule has 0 saturated heterocycles. The molecule has 0 aliphatic carbocycles. The summed E-state index contributed by atoms with van der Waals surface area (Å²) in [6.45, 7) is 2.80. The average Bonchev–Trinajstić information content (AvgIpc) is 2.34. The van der Waals surface area contributed by atoms with E-state index in [1.807, 2.05) is 0 Å². The summed E-state index contributed by atoms with van der Waals surface area (Å²) in [6.07, 6.45) is 4.11. The van der Waals surface area contributed by atoms with Gasteiger partial charge >= 0.3 is 0 Å². The SMILES string of the molecule is CCCCCOc1ccc(OC)cc1C=O. The molecular formula is C13H18O3. The van der Waals surface area contributed by atoms with Crippen molar-refractivity contribution in [2.45, 2.75) is 26.2 Å². The Kier molecular flexibility index (Phi) is 5.40. The zero-order valence-electron chi connectivity index (χ0n) is 9.86. The fourth-order valence-electron chi connectivity index (χ4n) is 1.41. The van der Waals surface area contributed by atoms with Crippen molar-refractivity contribution in [3.63, 3.8) is 0 Å². The minimum absolute atomic E-state index is 0.538. The van der Waals surface area contributed by atoms with Crippen LogP contribution in [0.25, 0.3) is 0 Å². The topological polar surface area (TPSA) is 35.5 Å². The van der Waals surface area contributed by atoms with Crippen molar-refractivity contribution in [3.05, 3.63) is 23.8 Å². The molecule has 0 aromatic heterocycles. The molecule has 1 aromatic carbocycles. The van der Waals surface area contributed by atoms with Gasteiger partial charge in [-0.3, -0.25) is 4.79 Å². The van der Waals surface area contributed by atoms with Crippen LogP contribution in [0.4, 0.5) is 0 Å². The Morgan fingerprint density at radius 3 is 2.75 bits per heavy atom. The predicted octanol–water partition coefficient (Wildman–Crippen LogP) is 3.08. The summed E-state index contributed by atoms with van der Waals surface area (Å²) in [4.78, 5) is 10.8. The second-order valence-corrected chi connectivity index (χ2v) is 3.58. The van der Waals surface area contributed by atoms with Crippen LogP contribution in [0.2, 0.25) is 0 Å². The van der Waals surface area contributed by atoms with E-state index in [0.717, 1.165) is 25.5 Å². The summed E-state index contributed by atoms with van der Waals surface area (Å²) in [6, 6.07) is 5.25. The van der Waals surface area contributed by atoms with Crippen LogP contribution in [-0.2, 0) is 0 Å². The molecule has 0 bridgehead atoms. The van der Waals surface area contributed by atoms with E-state index in [2.05, 4.69) is 6.92 Å². The molecule has 0 spiro atoms. The molecule has 0 aliphatic rings. The number of methoxy groups -OCH3 is 1. The van der Waals surface area contributed by atoms with Crippen LogP contribution in [0.5, 0.6) is 11.5 Å². The minimum Gasteiger partial charge on any atom is -0.497 e. The van der Waals surface area contributed by atoms with Crippen LogP contribution in [0.1, 0.15) is 36.5 Å². The fraction of sp³-hybridized carbons (Fsp3) is 0.462. The van der Waals surface area contributed by atoms with Crippen LogP contribution < -0.4 is 9.47 Å². The third-order valence-corrected chi connectivity index (χ3v) is 2.35. The number of carbonyl (C=O) groups excluding carboxylic acids is 1. The number of benzene rings is 1. The Labute approximate surface area is 96.4 Å². The van der Waals surface area contributed by atoms with Crippen molar-refractivity contribution in [1.29, 1.82) is 0 Å². The van der Waals surface area contributed by atoms with Crippen LogP contribution in [0, 0.1) is 0 Å². The first-order chi connectivity index (χ1) is 7.81. The molecule has 0 atom stereocenters. The van der Waals surface area contributed by atoms with Gasteiger partial charge in [0.05, 0.1) is 19.3 Å². The van der Waals surface area contributed by atoms with Crippen molar-refractivity contribution >= 4 is 6.29 Å². The molecule has 0 saturated carbocycles. The fourth-order valence-corrected chi connectivity index (χ4v) is 1.41. The van der Waals surface area contributed by atoms with E-state index < -0.39 is 0 Å². The van der Waals surface area contributed by atoms with Gasteiger partial charge in [-0.1, -0.05) is 19.8 Å². The van der Waals surface area contributed by atoms with Crippen molar-refractivity contribution in [3.8, 4) is 11.5 Å². The molecule has 0 radical (unpaired) electrons. The smallest absolute Gasteiger partial charge is 0.153 e. The second kappa shape index (κ2) is 6.88. The van der Waals surface area contributed by atoms with E-state index in [1.54, 1.807) is 25.3 Å². The Morgan fingerprint density at radius 2 is 2.12 bits per heavy atom. The van der Waals surface area contributed by atoms with Gasteiger partial charge in [-0.05, 0) is 24.6 Å². The first kappa shape index (κ1) is 12.6. The van der Waals surface area contributed by atoms with Crippen LogP contribution in [0.3, 0.4) is 0 Å². The zero-order chi connectivity index (χ0) is 11.8. The minimum atomic E-state index is 0.538. The molecule has 0 N–H and O–H groups in total. The van der Waals surface area contributed by atoms with E-state index in [1.165, 1.54) is 0 Å². The Hall–Kier alpha value is -1.51. The van der Waals surface area contributed by atoms with Crippen LogP contribution in [-0.4, -0.2) is 20.0 Å². The summed E-state index contributed by atoms with van der Waals surface area (Å²) in [5.41, 5.74) is 0.538. The molecule has 0 amide bonds. The number of rotatable bonds is 7. The first-order valence-corrected chi connectivity index (χ1v) is 5.57. The van der Waals surface area contributed by atoms with Gasteiger partial charge in [-0.15, -0.1) is 0 Å². The van der Waals surface area contributed by atoms with Gasteiger partial charge in [0.25, 0.3) is 0 Å². The quantitative estimate of drug-likeness (QED) is 0.525. The lowest BCUT2D eigenvalue weighted by Gasteiger charge is -2.09. The van der Waals surface area contributed by atoms with Gasteiger partial charge < -0.3 is 9.47 Å². The standard InChI is InChI=1S/C13H18O3/c1-3-4-5-8-16-13-7-6-12(15-2)9-11(13)10-14/h6-7,9-10H,3-5,8H2,1-2H3. The summed E-state index contributed by atoms with van der Waals surface area (Å²) >= 11 is 0. The van der Waals surface area contributed by atoms with Crippen molar-refractivity contribution in [1.82, 2.24) is 0 Å². The van der Waals surface area contributed by atoms with Gasteiger partial charge in [0, 0.05) is 0 Å². The predicted molar refractivity (Wildman–Crippen MR) is 63.4 cm³/mol. The van der Waals surface area contributed by atoms with Crippen molar-refractivity contribution < 1.29 is 14.3 Å². The highest BCUT2D eigenvalue weighted by Crippen LogP contribution is 2.22.